The largest absolute Gasteiger partial charge is 0.479 e. The Morgan fingerprint density at radius 2 is 1.30 bits per heavy atom. The van der Waals surface area contributed by atoms with E-state index in [1.807, 2.05) is 61.6 Å². The molecule has 0 aliphatic heterocycles. The Labute approximate surface area is 178 Å². The molecule has 4 unspecified atom stereocenters. The summed E-state index contributed by atoms with van der Waals surface area (Å²) >= 11 is 5.93. The number of rotatable bonds is 8. The molecular weight excluding hydrogens is 418 g/mol. The number of hydrogen-bond acceptors (Lipinski definition) is 6. The highest BCUT2D eigenvalue weighted by Crippen LogP contribution is 2.28. The number of carbonyl (C=O) groups is 2. The van der Waals surface area contributed by atoms with E-state index in [2.05, 4.69) is 5.32 Å². The van der Waals surface area contributed by atoms with Crippen LogP contribution in [0.1, 0.15) is 17.0 Å². The molecule has 0 aliphatic rings. The SMILES string of the molecule is CNCC(O)C(c1ccccc1)c1ccc(Cl)cc1.O.O=C(O)C(O)C(O)C(=O)O. The molecule has 9 nitrogen and oxygen atoms in total. The van der Waals surface area contributed by atoms with Gasteiger partial charge in [0, 0.05) is 17.5 Å². The number of carboxylic acids is 2. The normalized spacial score (nSPS) is 14.2. The molecule has 166 valence electrons. The fourth-order valence-corrected chi connectivity index (χ4v) is 2.69. The van der Waals surface area contributed by atoms with Crippen LogP contribution in [0.4, 0.5) is 0 Å². The third kappa shape index (κ3) is 8.46. The molecule has 0 aromatic heterocycles. The lowest BCUT2D eigenvalue weighted by atomic mass is 9.86. The van der Waals surface area contributed by atoms with Crippen LogP contribution < -0.4 is 5.32 Å². The van der Waals surface area contributed by atoms with Gasteiger partial charge in [0.25, 0.3) is 0 Å². The summed E-state index contributed by atoms with van der Waals surface area (Å²) < 4.78 is 0. The molecule has 0 bridgehead atoms. The Morgan fingerprint density at radius 1 is 0.867 bits per heavy atom. The van der Waals surface area contributed by atoms with Crippen LogP contribution in [0.5, 0.6) is 0 Å². The predicted molar refractivity (Wildman–Crippen MR) is 111 cm³/mol. The molecule has 0 amide bonds. The third-order valence-corrected chi connectivity index (χ3v) is 4.24. The van der Waals surface area contributed by atoms with E-state index < -0.39 is 30.3 Å². The minimum atomic E-state index is -2.27. The van der Waals surface area contributed by atoms with Crippen molar-refractivity contribution in [3.63, 3.8) is 0 Å². The molecule has 4 atom stereocenters. The van der Waals surface area contributed by atoms with E-state index in [1.54, 1.807) is 0 Å². The van der Waals surface area contributed by atoms with E-state index in [1.165, 1.54) is 0 Å². The number of hydrogen-bond donors (Lipinski definition) is 6. The number of likely N-dealkylation sites (N-methyl/N-ethyl adjacent to an activating group) is 1. The molecule has 2 aromatic carbocycles. The van der Waals surface area contributed by atoms with Crippen molar-refractivity contribution < 1.29 is 40.6 Å². The summed E-state index contributed by atoms with van der Waals surface area (Å²) in [6, 6.07) is 17.7. The first-order valence-corrected chi connectivity index (χ1v) is 9.01. The van der Waals surface area contributed by atoms with Gasteiger partial charge < -0.3 is 36.3 Å². The Balaban J connectivity index is 0.000000658. The monoisotopic (exact) mass is 443 g/mol. The number of aliphatic hydroxyl groups excluding tert-OH is 3. The minimum Gasteiger partial charge on any atom is -0.479 e. The molecule has 8 N–H and O–H groups in total. The van der Waals surface area contributed by atoms with Crippen LogP contribution in [0, 0.1) is 0 Å². The fraction of sp³-hybridized carbons (Fsp3) is 0.300. The Bertz CT molecular complexity index is 754. The number of aliphatic carboxylic acids is 2. The van der Waals surface area contributed by atoms with E-state index in [9.17, 15) is 14.7 Å². The zero-order valence-electron chi connectivity index (χ0n) is 16.1. The number of halogens is 1. The highest BCUT2D eigenvalue weighted by Gasteiger charge is 2.29. The van der Waals surface area contributed by atoms with Gasteiger partial charge in [-0.3, -0.25) is 0 Å². The molecule has 2 rings (SSSR count). The third-order valence-electron chi connectivity index (χ3n) is 3.99. The maximum Gasteiger partial charge on any atom is 0.335 e. The molecule has 30 heavy (non-hydrogen) atoms. The van der Waals surface area contributed by atoms with Crippen LogP contribution in [0.2, 0.25) is 5.02 Å². The lowest BCUT2D eigenvalue weighted by molar-refractivity contribution is -0.165. The van der Waals surface area contributed by atoms with Gasteiger partial charge in [0.15, 0.2) is 12.2 Å². The van der Waals surface area contributed by atoms with Crippen LogP contribution >= 0.6 is 11.6 Å². The van der Waals surface area contributed by atoms with Gasteiger partial charge in [-0.2, -0.15) is 0 Å². The standard InChI is InChI=1S/C16H18ClNO.C4H6O6.H2O/c1-18-11-15(19)16(12-5-3-2-4-6-12)13-7-9-14(17)10-8-13;5-1(3(7)8)2(6)4(9)10;/h2-10,15-16,18-19H,11H2,1H3;1-2,5-6H,(H,7,8)(H,9,10);1H2. The average Bonchev–Trinajstić information content (AvgIpc) is 2.70. The summed E-state index contributed by atoms with van der Waals surface area (Å²) in [6.45, 7) is 0.544. The highest BCUT2D eigenvalue weighted by molar-refractivity contribution is 6.30. The first kappa shape index (κ1) is 27.5. The topological polar surface area (TPSA) is 179 Å². The fourth-order valence-electron chi connectivity index (χ4n) is 2.56. The van der Waals surface area contributed by atoms with Crippen molar-refractivity contribution >= 4 is 23.5 Å². The zero-order chi connectivity index (χ0) is 22.0. The maximum absolute atomic E-state index is 10.4. The molecule has 10 heteroatoms. The van der Waals surface area contributed by atoms with Crippen molar-refractivity contribution in [2.24, 2.45) is 0 Å². The Hall–Kier alpha value is -2.53. The lowest BCUT2D eigenvalue weighted by Crippen LogP contribution is -2.39. The van der Waals surface area contributed by atoms with E-state index in [4.69, 9.17) is 32.0 Å². The van der Waals surface area contributed by atoms with Gasteiger partial charge in [-0.25, -0.2) is 9.59 Å². The second-order valence-electron chi connectivity index (χ2n) is 6.13. The maximum atomic E-state index is 10.4. The van der Waals surface area contributed by atoms with Crippen LogP contribution in [0.15, 0.2) is 54.6 Å². The second kappa shape index (κ2) is 13.6. The van der Waals surface area contributed by atoms with Crippen LogP contribution in [-0.2, 0) is 9.59 Å². The van der Waals surface area contributed by atoms with Crippen molar-refractivity contribution in [2.45, 2.75) is 24.2 Å². The molecule has 0 saturated heterocycles. The van der Waals surface area contributed by atoms with Gasteiger partial charge in [0.2, 0.25) is 0 Å². The van der Waals surface area contributed by atoms with Gasteiger partial charge in [-0.1, -0.05) is 54.1 Å². The van der Waals surface area contributed by atoms with Gasteiger partial charge in [-0.15, -0.1) is 0 Å². The molecule has 0 spiro atoms. The van der Waals surface area contributed by atoms with Crippen LogP contribution in [0.25, 0.3) is 0 Å². The Morgan fingerprint density at radius 3 is 1.70 bits per heavy atom. The minimum absolute atomic E-state index is 0. The summed E-state index contributed by atoms with van der Waals surface area (Å²) in [4.78, 5) is 19.5. The van der Waals surface area contributed by atoms with Gasteiger partial charge in [0.1, 0.15) is 0 Å². The van der Waals surface area contributed by atoms with Crippen LogP contribution in [-0.4, -0.2) is 74.9 Å². The number of aliphatic hydroxyl groups is 3. The van der Waals surface area contributed by atoms with Crippen molar-refractivity contribution in [3.05, 3.63) is 70.7 Å². The molecule has 2 aromatic rings. The highest BCUT2D eigenvalue weighted by atomic mass is 35.5. The second-order valence-corrected chi connectivity index (χ2v) is 6.57. The smallest absolute Gasteiger partial charge is 0.335 e. The molecule has 0 saturated carbocycles. The Kier molecular flexibility index (Phi) is 12.5. The zero-order valence-corrected chi connectivity index (χ0v) is 16.9. The van der Waals surface area contributed by atoms with Crippen molar-refractivity contribution in [1.82, 2.24) is 5.32 Å². The van der Waals surface area contributed by atoms with Crippen molar-refractivity contribution in [1.29, 1.82) is 0 Å². The first-order chi connectivity index (χ1) is 13.7. The van der Waals surface area contributed by atoms with Gasteiger partial charge in [-0.05, 0) is 30.3 Å². The number of nitrogens with one attached hydrogen (secondary N) is 1. The summed E-state index contributed by atoms with van der Waals surface area (Å²) in [5.74, 6) is -3.59. The van der Waals surface area contributed by atoms with Gasteiger partial charge >= 0.3 is 11.9 Å². The van der Waals surface area contributed by atoms with E-state index in [-0.39, 0.29) is 11.4 Å². The lowest BCUT2D eigenvalue weighted by Gasteiger charge is -2.24. The molecule has 0 fully saturated rings. The summed E-state index contributed by atoms with van der Waals surface area (Å²) in [5, 5.41) is 46.6. The van der Waals surface area contributed by atoms with E-state index in [0.29, 0.717) is 11.6 Å². The average molecular weight is 444 g/mol. The summed E-state index contributed by atoms with van der Waals surface area (Å²) in [5.41, 5.74) is 2.17. The summed E-state index contributed by atoms with van der Waals surface area (Å²) in [6.07, 6.45) is -5.01. The summed E-state index contributed by atoms with van der Waals surface area (Å²) in [7, 11) is 1.84. The quantitative estimate of drug-likeness (QED) is 0.332. The van der Waals surface area contributed by atoms with Crippen molar-refractivity contribution in [2.75, 3.05) is 13.6 Å². The molecule has 0 aliphatic carbocycles. The van der Waals surface area contributed by atoms with E-state index in [0.717, 1.165) is 11.1 Å². The predicted octanol–water partition coefficient (Wildman–Crippen LogP) is 0.105. The molecular formula is C20H26ClNO8. The van der Waals surface area contributed by atoms with Gasteiger partial charge in [0.05, 0.1) is 6.10 Å². The number of carboxylic acid groups (broad SMARTS) is 2. The number of benzene rings is 2. The molecule has 0 radical (unpaired) electrons. The van der Waals surface area contributed by atoms with Crippen LogP contribution in [0.3, 0.4) is 0 Å². The van der Waals surface area contributed by atoms with E-state index >= 15 is 0 Å². The van der Waals surface area contributed by atoms with Crippen molar-refractivity contribution in [3.8, 4) is 0 Å². The molecule has 0 heterocycles. The first-order valence-electron chi connectivity index (χ1n) is 8.63.